The fourth-order valence-electron chi connectivity index (χ4n) is 2.11. The summed E-state index contributed by atoms with van der Waals surface area (Å²) >= 11 is 0. The summed E-state index contributed by atoms with van der Waals surface area (Å²) in [5.74, 6) is 0.848. The van der Waals surface area contributed by atoms with Gasteiger partial charge in [0.05, 0.1) is 6.61 Å². The van der Waals surface area contributed by atoms with Crippen molar-refractivity contribution in [2.75, 3.05) is 13.2 Å². The van der Waals surface area contributed by atoms with Gasteiger partial charge in [-0.05, 0) is 38.3 Å². The van der Waals surface area contributed by atoms with Crippen LogP contribution in [-0.4, -0.2) is 24.4 Å². The van der Waals surface area contributed by atoms with E-state index in [0.717, 1.165) is 17.7 Å². The molecule has 0 aliphatic carbocycles. The Morgan fingerprint density at radius 2 is 1.95 bits per heavy atom. The largest absolute Gasteiger partial charge is 0.508 e. The molecule has 19 heavy (non-hydrogen) atoms. The molecule has 0 bridgehead atoms. The molecule has 3 nitrogen and oxygen atoms in total. The molecule has 0 radical (unpaired) electrons. The van der Waals surface area contributed by atoms with Gasteiger partial charge in [-0.1, -0.05) is 26.0 Å². The van der Waals surface area contributed by atoms with E-state index in [4.69, 9.17) is 4.74 Å². The predicted molar refractivity (Wildman–Crippen MR) is 79.5 cm³/mol. The highest BCUT2D eigenvalue weighted by atomic mass is 16.5. The molecule has 2 atom stereocenters. The van der Waals surface area contributed by atoms with E-state index in [1.165, 1.54) is 0 Å². The Bertz CT molecular complexity index is 390. The van der Waals surface area contributed by atoms with Crippen LogP contribution in [0.5, 0.6) is 5.75 Å². The van der Waals surface area contributed by atoms with Gasteiger partial charge in [-0.15, -0.1) is 0 Å². The third kappa shape index (κ3) is 4.84. The number of aromatic hydroxyl groups is 1. The van der Waals surface area contributed by atoms with Crippen LogP contribution in [-0.2, 0) is 4.74 Å². The number of hydrogen-bond donors (Lipinski definition) is 2. The van der Waals surface area contributed by atoms with Gasteiger partial charge in [0.2, 0.25) is 0 Å². The highest BCUT2D eigenvalue weighted by molar-refractivity contribution is 5.37. The zero-order chi connectivity index (χ0) is 14.4. The normalized spacial score (nSPS) is 14.6. The fourth-order valence-corrected chi connectivity index (χ4v) is 2.11. The first kappa shape index (κ1) is 16.0. The molecule has 0 heterocycles. The monoisotopic (exact) mass is 265 g/mol. The van der Waals surface area contributed by atoms with Crippen molar-refractivity contribution in [3.05, 3.63) is 29.3 Å². The van der Waals surface area contributed by atoms with Gasteiger partial charge < -0.3 is 15.2 Å². The molecule has 0 aromatic heterocycles. The number of aryl methyl sites for hydroxylation is 1. The smallest absolute Gasteiger partial charge is 0.120 e. The molecule has 0 saturated carbocycles. The Balaban J connectivity index is 2.72. The Hall–Kier alpha value is -1.06. The molecular formula is C16H27NO2. The lowest BCUT2D eigenvalue weighted by molar-refractivity contribution is 0.104. The number of phenols is 1. The number of rotatable bonds is 7. The summed E-state index contributed by atoms with van der Waals surface area (Å²) < 4.78 is 5.52. The lowest BCUT2D eigenvalue weighted by Crippen LogP contribution is -2.39. The third-order valence-corrected chi connectivity index (χ3v) is 3.42. The zero-order valence-electron chi connectivity index (χ0n) is 12.7. The van der Waals surface area contributed by atoms with Crippen LogP contribution in [0.3, 0.4) is 0 Å². The standard InChI is InChI=1S/C16H27NO2/c1-6-19-10-15(11(2)3)17-13(5)14-8-7-12(4)9-16(14)18/h7-9,11,13,15,17-18H,6,10H2,1-5H3. The minimum atomic E-state index is 0.105. The summed E-state index contributed by atoms with van der Waals surface area (Å²) in [4.78, 5) is 0. The van der Waals surface area contributed by atoms with Crippen molar-refractivity contribution in [1.29, 1.82) is 0 Å². The lowest BCUT2D eigenvalue weighted by atomic mass is 10.0. The van der Waals surface area contributed by atoms with E-state index in [-0.39, 0.29) is 12.1 Å². The number of benzene rings is 1. The van der Waals surface area contributed by atoms with E-state index in [9.17, 15) is 5.11 Å². The molecule has 2 unspecified atom stereocenters. The van der Waals surface area contributed by atoms with Gasteiger partial charge >= 0.3 is 0 Å². The van der Waals surface area contributed by atoms with Crippen LogP contribution in [0, 0.1) is 12.8 Å². The maximum atomic E-state index is 10.0. The Morgan fingerprint density at radius 3 is 2.47 bits per heavy atom. The predicted octanol–water partition coefficient (Wildman–Crippen LogP) is 3.41. The van der Waals surface area contributed by atoms with E-state index in [0.29, 0.717) is 18.3 Å². The maximum absolute atomic E-state index is 10.0. The minimum absolute atomic E-state index is 0.105. The molecule has 0 amide bonds. The van der Waals surface area contributed by atoms with E-state index >= 15 is 0 Å². The molecule has 0 spiro atoms. The lowest BCUT2D eigenvalue weighted by Gasteiger charge is -2.27. The molecule has 3 heteroatoms. The number of ether oxygens (including phenoxy) is 1. The van der Waals surface area contributed by atoms with Crippen LogP contribution in [0.25, 0.3) is 0 Å². The average molecular weight is 265 g/mol. The first-order valence-corrected chi connectivity index (χ1v) is 7.09. The van der Waals surface area contributed by atoms with Gasteiger partial charge in [0.1, 0.15) is 5.75 Å². The van der Waals surface area contributed by atoms with E-state index in [2.05, 4.69) is 26.1 Å². The molecule has 108 valence electrons. The first-order valence-electron chi connectivity index (χ1n) is 7.09. The van der Waals surface area contributed by atoms with E-state index in [1.54, 1.807) is 6.07 Å². The molecule has 2 N–H and O–H groups in total. The summed E-state index contributed by atoms with van der Waals surface area (Å²) in [6.07, 6.45) is 0. The first-order chi connectivity index (χ1) is 8.95. The van der Waals surface area contributed by atoms with Gasteiger partial charge in [0, 0.05) is 24.3 Å². The van der Waals surface area contributed by atoms with Crippen molar-refractivity contribution in [3.8, 4) is 5.75 Å². The summed E-state index contributed by atoms with van der Waals surface area (Å²) in [7, 11) is 0. The summed E-state index contributed by atoms with van der Waals surface area (Å²) in [5, 5.41) is 13.6. The molecule has 0 fully saturated rings. The molecule has 1 aromatic carbocycles. The Morgan fingerprint density at radius 1 is 1.26 bits per heavy atom. The third-order valence-electron chi connectivity index (χ3n) is 3.42. The minimum Gasteiger partial charge on any atom is -0.508 e. The quantitative estimate of drug-likeness (QED) is 0.794. The highest BCUT2D eigenvalue weighted by Gasteiger charge is 2.18. The molecule has 0 aliphatic rings. The molecule has 1 aromatic rings. The van der Waals surface area contributed by atoms with Gasteiger partial charge in [-0.2, -0.15) is 0 Å². The molecular weight excluding hydrogens is 238 g/mol. The Kier molecular flexibility index (Phi) is 6.32. The second-order valence-corrected chi connectivity index (χ2v) is 5.46. The second kappa shape index (κ2) is 7.51. The molecule has 0 saturated heterocycles. The van der Waals surface area contributed by atoms with Crippen LogP contribution in [0.4, 0.5) is 0 Å². The van der Waals surface area contributed by atoms with Gasteiger partial charge in [0.15, 0.2) is 0 Å². The van der Waals surface area contributed by atoms with Crippen LogP contribution in [0.2, 0.25) is 0 Å². The van der Waals surface area contributed by atoms with Gasteiger partial charge in [-0.3, -0.25) is 0 Å². The average Bonchev–Trinajstić information content (AvgIpc) is 2.33. The maximum Gasteiger partial charge on any atom is 0.120 e. The second-order valence-electron chi connectivity index (χ2n) is 5.46. The summed E-state index contributed by atoms with van der Waals surface area (Å²) in [5.41, 5.74) is 2.01. The zero-order valence-corrected chi connectivity index (χ0v) is 12.7. The number of nitrogens with one attached hydrogen (secondary N) is 1. The van der Waals surface area contributed by atoms with Gasteiger partial charge in [-0.25, -0.2) is 0 Å². The Labute approximate surface area is 117 Å². The number of phenolic OH excluding ortho intramolecular Hbond substituents is 1. The van der Waals surface area contributed by atoms with Crippen LogP contribution in [0.1, 0.15) is 44.9 Å². The summed E-state index contributed by atoms with van der Waals surface area (Å²) in [6.45, 7) is 11.9. The van der Waals surface area contributed by atoms with Crippen LogP contribution >= 0.6 is 0 Å². The molecule has 1 rings (SSSR count). The van der Waals surface area contributed by atoms with Crippen molar-refractivity contribution in [3.63, 3.8) is 0 Å². The summed E-state index contributed by atoms with van der Waals surface area (Å²) in [6, 6.07) is 6.21. The molecule has 0 aliphatic heterocycles. The SMILES string of the molecule is CCOCC(NC(C)c1ccc(C)cc1O)C(C)C. The highest BCUT2D eigenvalue weighted by Crippen LogP contribution is 2.25. The van der Waals surface area contributed by atoms with Crippen LogP contribution in [0.15, 0.2) is 18.2 Å². The van der Waals surface area contributed by atoms with Crippen molar-refractivity contribution >= 4 is 0 Å². The van der Waals surface area contributed by atoms with E-state index < -0.39 is 0 Å². The van der Waals surface area contributed by atoms with Crippen molar-refractivity contribution in [2.24, 2.45) is 5.92 Å². The van der Waals surface area contributed by atoms with Gasteiger partial charge in [0.25, 0.3) is 0 Å². The van der Waals surface area contributed by atoms with Crippen molar-refractivity contribution in [2.45, 2.75) is 46.7 Å². The fraction of sp³-hybridized carbons (Fsp3) is 0.625. The van der Waals surface area contributed by atoms with Crippen molar-refractivity contribution < 1.29 is 9.84 Å². The van der Waals surface area contributed by atoms with Crippen molar-refractivity contribution in [1.82, 2.24) is 5.32 Å². The topological polar surface area (TPSA) is 41.5 Å². The number of hydrogen-bond acceptors (Lipinski definition) is 3. The van der Waals surface area contributed by atoms with E-state index in [1.807, 2.05) is 26.0 Å². The van der Waals surface area contributed by atoms with Crippen LogP contribution < -0.4 is 5.32 Å².